The quantitative estimate of drug-likeness (QED) is 0.906. The third-order valence-electron chi connectivity index (χ3n) is 4.05. The highest BCUT2D eigenvalue weighted by molar-refractivity contribution is 8.01. The second-order valence-electron chi connectivity index (χ2n) is 5.74. The summed E-state index contributed by atoms with van der Waals surface area (Å²) in [6, 6.07) is 9.27. The number of hydrogen-bond acceptors (Lipinski definition) is 4. The van der Waals surface area contributed by atoms with Gasteiger partial charge in [0.15, 0.2) is 9.84 Å². The molecule has 5 heteroatoms. The molecule has 1 aromatic carbocycles. The molecule has 0 aromatic heterocycles. The molecule has 1 aromatic rings. The van der Waals surface area contributed by atoms with E-state index in [1.54, 1.807) is 36.0 Å². The molecule has 1 unspecified atom stereocenters. The lowest BCUT2D eigenvalue weighted by molar-refractivity contribution is 0.441. The first kappa shape index (κ1) is 16.8. The van der Waals surface area contributed by atoms with E-state index >= 15 is 0 Å². The highest BCUT2D eigenvalue weighted by atomic mass is 32.2. The molecule has 0 amide bonds. The van der Waals surface area contributed by atoms with Gasteiger partial charge in [-0.1, -0.05) is 37.5 Å². The van der Waals surface area contributed by atoms with Crippen LogP contribution < -0.4 is 5.73 Å². The Hall–Kier alpha value is -0.520. The van der Waals surface area contributed by atoms with E-state index in [1.165, 1.54) is 32.1 Å². The van der Waals surface area contributed by atoms with Crippen molar-refractivity contribution in [2.45, 2.75) is 54.7 Å². The average molecular weight is 328 g/mol. The zero-order valence-electron chi connectivity index (χ0n) is 12.4. The van der Waals surface area contributed by atoms with Gasteiger partial charge in [-0.15, -0.1) is 0 Å². The van der Waals surface area contributed by atoms with Crippen molar-refractivity contribution < 1.29 is 8.42 Å². The van der Waals surface area contributed by atoms with Crippen molar-refractivity contribution in [1.82, 2.24) is 0 Å². The maximum Gasteiger partial charge on any atom is 0.182 e. The maximum atomic E-state index is 12.0. The zero-order valence-corrected chi connectivity index (χ0v) is 14.0. The van der Waals surface area contributed by atoms with Crippen LogP contribution in [0, 0.1) is 0 Å². The van der Waals surface area contributed by atoms with E-state index in [2.05, 4.69) is 0 Å². The second-order valence-corrected chi connectivity index (χ2v) is 9.12. The normalized spacial score (nSPS) is 23.4. The first-order valence-electron chi connectivity index (χ1n) is 7.73. The van der Waals surface area contributed by atoms with Crippen molar-refractivity contribution in [2.75, 3.05) is 11.5 Å². The summed E-state index contributed by atoms with van der Waals surface area (Å²) in [7, 11) is -3.06. The highest BCUT2D eigenvalue weighted by Gasteiger charge is 2.30. The molecule has 2 aliphatic rings. The van der Waals surface area contributed by atoms with Gasteiger partial charge in [-0.25, -0.2) is 8.42 Å². The molecule has 118 valence electrons. The third kappa shape index (κ3) is 5.01. The Morgan fingerprint density at radius 2 is 1.67 bits per heavy atom. The largest absolute Gasteiger partial charge is 0.328 e. The highest BCUT2D eigenvalue weighted by Crippen LogP contribution is 2.27. The van der Waals surface area contributed by atoms with Crippen LogP contribution in [0.25, 0.3) is 0 Å². The molecular weight excluding hydrogens is 302 g/mol. The van der Waals surface area contributed by atoms with Gasteiger partial charge in [0, 0.05) is 11.8 Å². The predicted molar refractivity (Wildman–Crippen MR) is 90.4 cm³/mol. The third-order valence-corrected chi connectivity index (χ3v) is 7.63. The predicted octanol–water partition coefficient (Wildman–Crippen LogP) is 3.24. The summed E-state index contributed by atoms with van der Waals surface area (Å²) in [6.07, 6.45) is 7.46. The molecule has 0 bridgehead atoms. The fourth-order valence-electron chi connectivity index (χ4n) is 2.69. The van der Waals surface area contributed by atoms with Gasteiger partial charge in [0.25, 0.3) is 0 Å². The summed E-state index contributed by atoms with van der Waals surface area (Å²) in [5.74, 6) is 1.72. The standard InChI is InChI=1S/C10H12O2S2.C6H13N/c11-14(12,10-6-7-13-8-10)9-4-2-1-3-5-9;7-6-4-2-1-3-5-6/h1-5,10H,6-8H2;6H,1-5,7H2. The van der Waals surface area contributed by atoms with E-state index in [4.69, 9.17) is 5.73 Å². The minimum Gasteiger partial charge on any atom is -0.328 e. The number of sulfone groups is 1. The van der Waals surface area contributed by atoms with Crippen molar-refractivity contribution in [3.63, 3.8) is 0 Å². The van der Waals surface area contributed by atoms with Crippen LogP contribution in [-0.4, -0.2) is 31.2 Å². The number of benzene rings is 1. The van der Waals surface area contributed by atoms with E-state index in [1.807, 2.05) is 6.07 Å². The molecule has 1 aliphatic carbocycles. The summed E-state index contributed by atoms with van der Waals surface area (Å²) < 4.78 is 24.0. The summed E-state index contributed by atoms with van der Waals surface area (Å²) in [4.78, 5) is 0.465. The second kappa shape index (κ2) is 8.20. The fraction of sp³-hybridized carbons (Fsp3) is 0.625. The summed E-state index contributed by atoms with van der Waals surface area (Å²) in [5.41, 5.74) is 5.63. The summed E-state index contributed by atoms with van der Waals surface area (Å²) >= 11 is 1.72. The van der Waals surface area contributed by atoms with Crippen molar-refractivity contribution in [3.8, 4) is 0 Å². The molecular formula is C16H25NO2S2. The van der Waals surface area contributed by atoms with E-state index in [-0.39, 0.29) is 5.25 Å². The van der Waals surface area contributed by atoms with Crippen molar-refractivity contribution in [3.05, 3.63) is 30.3 Å². The summed E-state index contributed by atoms with van der Waals surface area (Å²) in [5, 5.41) is -0.171. The Morgan fingerprint density at radius 1 is 1.00 bits per heavy atom. The smallest absolute Gasteiger partial charge is 0.182 e. The minimum absolute atomic E-state index is 0.171. The van der Waals surface area contributed by atoms with E-state index in [0.717, 1.165) is 17.9 Å². The molecule has 2 N–H and O–H groups in total. The Balaban J connectivity index is 0.000000194. The lowest BCUT2D eigenvalue weighted by Gasteiger charge is -2.15. The van der Waals surface area contributed by atoms with E-state index in [9.17, 15) is 8.42 Å². The Labute approximate surface area is 132 Å². The number of nitrogens with two attached hydrogens (primary N) is 1. The van der Waals surface area contributed by atoms with Gasteiger partial charge in [0.2, 0.25) is 0 Å². The molecule has 0 spiro atoms. The van der Waals surface area contributed by atoms with Crippen LogP contribution >= 0.6 is 11.8 Å². The summed E-state index contributed by atoms with van der Waals surface area (Å²) in [6.45, 7) is 0. The van der Waals surface area contributed by atoms with Gasteiger partial charge in [-0.2, -0.15) is 11.8 Å². The zero-order chi connectivity index (χ0) is 15.1. The van der Waals surface area contributed by atoms with Crippen LogP contribution in [0.15, 0.2) is 35.2 Å². The van der Waals surface area contributed by atoms with Crippen LogP contribution in [-0.2, 0) is 9.84 Å². The molecule has 1 saturated carbocycles. The van der Waals surface area contributed by atoms with Crippen LogP contribution in [0.2, 0.25) is 0 Å². The van der Waals surface area contributed by atoms with E-state index in [0.29, 0.717) is 10.9 Å². The minimum atomic E-state index is -3.06. The van der Waals surface area contributed by atoms with Crippen LogP contribution in [0.4, 0.5) is 0 Å². The van der Waals surface area contributed by atoms with Crippen LogP contribution in [0.5, 0.6) is 0 Å². The SMILES string of the molecule is NC1CCCCC1.O=S(=O)(c1ccccc1)C1CCSC1. The topological polar surface area (TPSA) is 60.2 Å². The number of thioether (sulfide) groups is 1. The Kier molecular flexibility index (Phi) is 6.58. The van der Waals surface area contributed by atoms with Gasteiger partial charge in [-0.05, 0) is 37.1 Å². The van der Waals surface area contributed by atoms with Crippen LogP contribution in [0.1, 0.15) is 38.5 Å². The molecule has 1 atom stereocenters. The number of rotatable bonds is 2. The van der Waals surface area contributed by atoms with Crippen molar-refractivity contribution >= 4 is 21.6 Å². The van der Waals surface area contributed by atoms with E-state index < -0.39 is 9.84 Å². The first-order valence-corrected chi connectivity index (χ1v) is 10.4. The van der Waals surface area contributed by atoms with Gasteiger partial charge in [0.1, 0.15) is 0 Å². The molecule has 3 nitrogen and oxygen atoms in total. The van der Waals surface area contributed by atoms with Crippen molar-refractivity contribution in [2.24, 2.45) is 5.73 Å². The average Bonchev–Trinajstić information content (AvgIpc) is 3.05. The molecule has 0 radical (unpaired) electrons. The molecule has 3 rings (SSSR count). The Morgan fingerprint density at radius 3 is 2.14 bits per heavy atom. The lowest BCUT2D eigenvalue weighted by atomic mass is 9.97. The lowest BCUT2D eigenvalue weighted by Crippen LogP contribution is -2.22. The monoisotopic (exact) mass is 327 g/mol. The van der Waals surface area contributed by atoms with Gasteiger partial charge < -0.3 is 5.73 Å². The first-order chi connectivity index (χ1) is 10.1. The fourth-order valence-corrected chi connectivity index (χ4v) is 6.25. The van der Waals surface area contributed by atoms with Crippen LogP contribution in [0.3, 0.4) is 0 Å². The van der Waals surface area contributed by atoms with Gasteiger partial charge in [0.05, 0.1) is 10.1 Å². The van der Waals surface area contributed by atoms with Gasteiger partial charge in [-0.3, -0.25) is 0 Å². The molecule has 21 heavy (non-hydrogen) atoms. The number of hydrogen-bond donors (Lipinski definition) is 1. The Bertz CT molecular complexity index is 504. The molecule has 1 aliphatic heterocycles. The molecule has 2 fully saturated rings. The maximum absolute atomic E-state index is 12.0. The molecule has 1 heterocycles. The van der Waals surface area contributed by atoms with Gasteiger partial charge >= 0.3 is 0 Å². The van der Waals surface area contributed by atoms with Crippen molar-refractivity contribution in [1.29, 1.82) is 0 Å². The molecule has 1 saturated heterocycles.